The van der Waals surface area contributed by atoms with E-state index in [9.17, 15) is 18.0 Å². The van der Waals surface area contributed by atoms with Gasteiger partial charge in [0.25, 0.3) is 5.56 Å². The third-order valence-electron chi connectivity index (χ3n) is 3.27. The van der Waals surface area contributed by atoms with E-state index in [2.05, 4.69) is 9.97 Å². The van der Waals surface area contributed by atoms with E-state index in [4.69, 9.17) is 12.2 Å². The number of aromatic amines is 2. The third-order valence-corrected chi connectivity index (χ3v) is 3.47. The predicted octanol–water partition coefficient (Wildman–Crippen LogP) is 3.99. The largest absolute Gasteiger partial charge is 0.416 e. The van der Waals surface area contributed by atoms with Crippen LogP contribution in [-0.4, -0.2) is 9.97 Å². The molecule has 0 aliphatic heterocycles. The first kappa shape index (κ1) is 16.5. The summed E-state index contributed by atoms with van der Waals surface area (Å²) in [6, 6.07) is 5.00. The van der Waals surface area contributed by atoms with Crippen LogP contribution in [0, 0.1) is 4.77 Å². The molecule has 0 aliphatic carbocycles. The molecular weight excluding hydrogens is 313 g/mol. The lowest BCUT2D eigenvalue weighted by Gasteiger charge is -2.11. The number of aromatic nitrogens is 2. The number of alkyl halides is 3. The van der Waals surface area contributed by atoms with Crippen molar-refractivity contribution in [2.24, 2.45) is 0 Å². The summed E-state index contributed by atoms with van der Waals surface area (Å²) < 4.78 is 38.5. The number of halogens is 3. The Bertz CT molecular complexity index is 777. The van der Waals surface area contributed by atoms with Crippen LogP contribution in [0.15, 0.2) is 29.1 Å². The Morgan fingerprint density at radius 1 is 1.23 bits per heavy atom. The van der Waals surface area contributed by atoms with Gasteiger partial charge in [-0.25, -0.2) is 0 Å². The standard InChI is InChI=1S/C15H15F3N2OS/c1-2-4-12-11(13(21)20-14(22)19-12)8-9-5-3-6-10(7-9)15(16,17)18/h3,5-7H,2,4,8H2,1H3,(H2,19,20,21,22). The molecule has 0 amide bonds. The molecular formula is C15H15F3N2OS. The molecule has 0 fully saturated rings. The highest BCUT2D eigenvalue weighted by atomic mass is 32.1. The van der Waals surface area contributed by atoms with Gasteiger partial charge >= 0.3 is 6.18 Å². The highest BCUT2D eigenvalue weighted by Crippen LogP contribution is 2.29. The zero-order valence-electron chi connectivity index (χ0n) is 11.9. The van der Waals surface area contributed by atoms with Gasteiger partial charge < -0.3 is 4.98 Å². The molecule has 0 spiro atoms. The summed E-state index contributed by atoms with van der Waals surface area (Å²) in [4.78, 5) is 17.5. The maximum absolute atomic E-state index is 12.8. The molecule has 0 atom stereocenters. The van der Waals surface area contributed by atoms with Gasteiger partial charge in [-0.1, -0.05) is 31.5 Å². The molecule has 3 nitrogen and oxygen atoms in total. The Hall–Kier alpha value is -1.89. The first-order chi connectivity index (χ1) is 10.3. The molecule has 0 bridgehead atoms. The summed E-state index contributed by atoms with van der Waals surface area (Å²) in [5, 5.41) is 0. The van der Waals surface area contributed by atoms with Gasteiger partial charge in [-0.15, -0.1) is 0 Å². The maximum Gasteiger partial charge on any atom is 0.416 e. The normalized spacial score (nSPS) is 11.6. The molecule has 0 aliphatic rings. The SMILES string of the molecule is CCCc1[nH]c(=S)[nH]c(=O)c1Cc1cccc(C(F)(F)F)c1. The van der Waals surface area contributed by atoms with Crippen molar-refractivity contribution in [3.63, 3.8) is 0 Å². The van der Waals surface area contributed by atoms with E-state index in [1.807, 2.05) is 6.92 Å². The smallest absolute Gasteiger partial charge is 0.336 e. The van der Waals surface area contributed by atoms with Gasteiger partial charge in [0, 0.05) is 17.7 Å². The molecule has 22 heavy (non-hydrogen) atoms. The Labute approximate surface area is 130 Å². The number of hydrogen-bond donors (Lipinski definition) is 2. The molecule has 2 rings (SSSR count). The van der Waals surface area contributed by atoms with Gasteiger partial charge in [-0.3, -0.25) is 9.78 Å². The monoisotopic (exact) mass is 328 g/mol. The van der Waals surface area contributed by atoms with Crippen LogP contribution in [0.3, 0.4) is 0 Å². The number of hydrogen-bond acceptors (Lipinski definition) is 2. The van der Waals surface area contributed by atoms with E-state index in [-0.39, 0.29) is 16.8 Å². The summed E-state index contributed by atoms with van der Waals surface area (Å²) >= 11 is 4.94. The molecule has 118 valence electrons. The minimum absolute atomic E-state index is 0.126. The van der Waals surface area contributed by atoms with Gasteiger partial charge in [-0.05, 0) is 30.3 Å². The molecule has 0 unspecified atom stereocenters. The minimum Gasteiger partial charge on any atom is -0.336 e. The van der Waals surface area contributed by atoms with Crippen LogP contribution in [-0.2, 0) is 19.0 Å². The number of benzene rings is 1. The summed E-state index contributed by atoms with van der Waals surface area (Å²) in [6.07, 6.45) is -2.86. The van der Waals surface area contributed by atoms with Crippen LogP contribution in [0.1, 0.15) is 35.7 Å². The molecule has 1 aromatic heterocycles. The second-order valence-electron chi connectivity index (χ2n) is 4.99. The second kappa shape index (κ2) is 6.48. The number of rotatable bonds is 4. The van der Waals surface area contributed by atoms with E-state index in [1.165, 1.54) is 6.07 Å². The summed E-state index contributed by atoms with van der Waals surface area (Å²) in [7, 11) is 0. The quantitative estimate of drug-likeness (QED) is 0.834. The van der Waals surface area contributed by atoms with Gasteiger partial charge in [0.1, 0.15) is 0 Å². The van der Waals surface area contributed by atoms with Crippen molar-refractivity contribution >= 4 is 12.2 Å². The van der Waals surface area contributed by atoms with E-state index in [1.54, 1.807) is 6.07 Å². The summed E-state index contributed by atoms with van der Waals surface area (Å²) in [5.41, 5.74) is 0.457. The Kier molecular flexibility index (Phi) is 4.85. The Balaban J connectivity index is 2.43. The van der Waals surface area contributed by atoms with Crippen LogP contribution in [0.5, 0.6) is 0 Å². The van der Waals surface area contributed by atoms with Crippen molar-refractivity contribution in [1.82, 2.24) is 9.97 Å². The lowest BCUT2D eigenvalue weighted by molar-refractivity contribution is -0.137. The second-order valence-corrected chi connectivity index (χ2v) is 5.40. The maximum atomic E-state index is 12.8. The summed E-state index contributed by atoms with van der Waals surface area (Å²) in [6.45, 7) is 1.95. The molecule has 0 saturated carbocycles. The van der Waals surface area contributed by atoms with Crippen molar-refractivity contribution in [2.75, 3.05) is 0 Å². The first-order valence-electron chi connectivity index (χ1n) is 6.81. The Morgan fingerprint density at radius 2 is 1.95 bits per heavy atom. The fraction of sp³-hybridized carbons (Fsp3) is 0.333. The number of H-pyrrole nitrogens is 2. The van der Waals surface area contributed by atoms with Crippen molar-refractivity contribution in [3.8, 4) is 0 Å². The van der Waals surface area contributed by atoms with Crippen LogP contribution in [0.25, 0.3) is 0 Å². The third kappa shape index (κ3) is 3.85. The zero-order chi connectivity index (χ0) is 16.3. The fourth-order valence-corrected chi connectivity index (χ4v) is 2.49. The average Bonchev–Trinajstić information content (AvgIpc) is 2.42. The van der Waals surface area contributed by atoms with Crippen LogP contribution >= 0.6 is 12.2 Å². The van der Waals surface area contributed by atoms with Gasteiger partial charge in [0.2, 0.25) is 0 Å². The van der Waals surface area contributed by atoms with Crippen LogP contribution in [0.4, 0.5) is 13.2 Å². The van der Waals surface area contributed by atoms with Crippen molar-refractivity contribution in [2.45, 2.75) is 32.4 Å². The first-order valence-corrected chi connectivity index (χ1v) is 7.22. The van der Waals surface area contributed by atoms with Gasteiger partial charge in [0.15, 0.2) is 4.77 Å². The molecule has 0 saturated heterocycles. The topological polar surface area (TPSA) is 48.6 Å². The van der Waals surface area contributed by atoms with Crippen molar-refractivity contribution in [3.05, 3.63) is 61.8 Å². The summed E-state index contributed by atoms with van der Waals surface area (Å²) in [5.74, 6) is 0. The van der Waals surface area contributed by atoms with Gasteiger partial charge in [-0.2, -0.15) is 13.2 Å². The molecule has 1 heterocycles. The zero-order valence-corrected chi connectivity index (χ0v) is 12.7. The van der Waals surface area contributed by atoms with Crippen LogP contribution in [0.2, 0.25) is 0 Å². The highest BCUT2D eigenvalue weighted by Gasteiger charge is 2.30. The lowest BCUT2D eigenvalue weighted by Crippen LogP contribution is -2.18. The molecule has 1 aromatic carbocycles. The number of nitrogens with one attached hydrogen (secondary N) is 2. The molecule has 2 N–H and O–H groups in total. The van der Waals surface area contributed by atoms with Gasteiger partial charge in [0.05, 0.1) is 5.56 Å². The fourth-order valence-electron chi connectivity index (χ4n) is 2.27. The Morgan fingerprint density at radius 3 is 2.59 bits per heavy atom. The highest BCUT2D eigenvalue weighted by molar-refractivity contribution is 7.71. The van der Waals surface area contributed by atoms with E-state index in [0.717, 1.165) is 18.6 Å². The molecule has 7 heteroatoms. The van der Waals surface area contributed by atoms with Crippen LogP contribution < -0.4 is 5.56 Å². The lowest BCUT2D eigenvalue weighted by atomic mass is 10.0. The minimum atomic E-state index is -4.40. The average molecular weight is 328 g/mol. The number of aryl methyl sites for hydroxylation is 1. The van der Waals surface area contributed by atoms with Crippen molar-refractivity contribution in [1.29, 1.82) is 0 Å². The van der Waals surface area contributed by atoms with E-state index in [0.29, 0.717) is 23.2 Å². The van der Waals surface area contributed by atoms with Crippen molar-refractivity contribution < 1.29 is 13.2 Å². The van der Waals surface area contributed by atoms with E-state index < -0.39 is 11.7 Å². The van der Waals surface area contributed by atoms with E-state index >= 15 is 0 Å². The molecule has 2 aromatic rings. The predicted molar refractivity (Wildman–Crippen MR) is 80.5 cm³/mol. The molecule has 0 radical (unpaired) electrons.